The molecule has 19 heavy (non-hydrogen) atoms. The molecular weight excluding hydrogens is 240 g/mol. The van der Waals surface area contributed by atoms with Crippen LogP contribution in [0.5, 0.6) is 11.5 Å². The molecule has 0 amide bonds. The van der Waals surface area contributed by atoms with Gasteiger partial charge < -0.3 is 20.1 Å². The van der Waals surface area contributed by atoms with Gasteiger partial charge in [0.1, 0.15) is 0 Å². The van der Waals surface area contributed by atoms with Gasteiger partial charge in [-0.2, -0.15) is 0 Å². The maximum atomic E-state index is 5.82. The first-order valence-electron chi connectivity index (χ1n) is 6.77. The van der Waals surface area contributed by atoms with Crippen LogP contribution < -0.4 is 15.2 Å². The maximum Gasteiger partial charge on any atom is 0.161 e. The summed E-state index contributed by atoms with van der Waals surface area (Å²) in [4.78, 5) is 2.35. The third-order valence-electron chi connectivity index (χ3n) is 3.74. The van der Waals surface area contributed by atoms with E-state index in [1.165, 1.54) is 5.56 Å². The van der Waals surface area contributed by atoms with E-state index < -0.39 is 0 Å². The Kier molecular flexibility index (Phi) is 4.66. The Hall–Kier alpha value is -1.26. The van der Waals surface area contributed by atoms with Gasteiger partial charge in [0.05, 0.1) is 14.2 Å². The maximum absolute atomic E-state index is 5.82. The van der Waals surface area contributed by atoms with Gasteiger partial charge in [0.25, 0.3) is 0 Å². The highest BCUT2D eigenvalue weighted by Gasteiger charge is 2.26. The lowest BCUT2D eigenvalue weighted by molar-refractivity contribution is 0.178. The van der Waals surface area contributed by atoms with E-state index >= 15 is 0 Å². The molecular formula is C15H24N2O2. The molecule has 106 valence electrons. The topological polar surface area (TPSA) is 47.7 Å². The second-order valence-corrected chi connectivity index (χ2v) is 5.48. The smallest absolute Gasteiger partial charge is 0.161 e. The van der Waals surface area contributed by atoms with E-state index in [0.29, 0.717) is 6.04 Å². The van der Waals surface area contributed by atoms with Crippen molar-refractivity contribution in [1.29, 1.82) is 0 Å². The molecule has 0 aromatic heterocycles. The molecule has 4 heteroatoms. The number of rotatable bonds is 6. The van der Waals surface area contributed by atoms with E-state index in [1.54, 1.807) is 14.2 Å². The normalized spacial score (nSPS) is 22.2. The third kappa shape index (κ3) is 3.61. The van der Waals surface area contributed by atoms with Crippen molar-refractivity contribution in [3.8, 4) is 11.5 Å². The van der Waals surface area contributed by atoms with E-state index in [2.05, 4.69) is 18.0 Å². The third-order valence-corrected chi connectivity index (χ3v) is 3.74. The molecule has 1 saturated carbocycles. The Morgan fingerprint density at radius 1 is 1.21 bits per heavy atom. The average molecular weight is 264 g/mol. The van der Waals surface area contributed by atoms with Crippen molar-refractivity contribution in [3.63, 3.8) is 0 Å². The lowest BCUT2D eigenvalue weighted by atomic mass is 9.80. The van der Waals surface area contributed by atoms with Crippen LogP contribution in [0.25, 0.3) is 0 Å². The van der Waals surface area contributed by atoms with Gasteiger partial charge in [-0.3, -0.25) is 0 Å². The Morgan fingerprint density at radius 3 is 2.47 bits per heavy atom. The quantitative estimate of drug-likeness (QED) is 0.852. The molecule has 1 fully saturated rings. The van der Waals surface area contributed by atoms with Crippen molar-refractivity contribution in [3.05, 3.63) is 23.8 Å². The molecule has 2 N–H and O–H groups in total. The fourth-order valence-corrected chi connectivity index (χ4v) is 2.73. The zero-order valence-electron chi connectivity index (χ0n) is 12.1. The Bertz CT molecular complexity index is 417. The van der Waals surface area contributed by atoms with Gasteiger partial charge in [0, 0.05) is 19.1 Å². The number of ether oxygens (including phenoxy) is 2. The Morgan fingerprint density at radius 2 is 1.89 bits per heavy atom. The van der Waals surface area contributed by atoms with Crippen LogP contribution in [0.2, 0.25) is 0 Å². The summed E-state index contributed by atoms with van der Waals surface area (Å²) in [6.45, 7) is 2.04. The minimum atomic E-state index is 0.430. The second kappa shape index (κ2) is 6.26. The van der Waals surface area contributed by atoms with Gasteiger partial charge in [-0.1, -0.05) is 6.07 Å². The van der Waals surface area contributed by atoms with Crippen molar-refractivity contribution >= 4 is 0 Å². The first-order valence-corrected chi connectivity index (χ1v) is 6.77. The molecule has 2 rings (SSSR count). The molecule has 0 radical (unpaired) electrons. The second-order valence-electron chi connectivity index (χ2n) is 5.48. The molecule has 1 aromatic rings. The summed E-state index contributed by atoms with van der Waals surface area (Å²) in [5, 5.41) is 0. The lowest BCUT2D eigenvalue weighted by Crippen LogP contribution is -2.41. The van der Waals surface area contributed by atoms with Crippen LogP contribution in [0.15, 0.2) is 18.2 Å². The number of nitrogens with zero attached hydrogens (tertiary/aromatic N) is 1. The molecule has 0 atom stereocenters. The number of methoxy groups -OCH3 is 2. The largest absolute Gasteiger partial charge is 0.493 e. The number of hydrogen-bond donors (Lipinski definition) is 1. The van der Waals surface area contributed by atoms with E-state index in [4.69, 9.17) is 15.2 Å². The van der Waals surface area contributed by atoms with Gasteiger partial charge in [-0.25, -0.2) is 0 Å². The predicted molar refractivity (Wildman–Crippen MR) is 76.6 cm³/mol. The van der Waals surface area contributed by atoms with Crippen LogP contribution >= 0.6 is 0 Å². The van der Waals surface area contributed by atoms with Gasteiger partial charge in [0.2, 0.25) is 0 Å². The van der Waals surface area contributed by atoms with Crippen LogP contribution in [0.1, 0.15) is 18.4 Å². The Labute approximate surface area is 115 Å². The summed E-state index contributed by atoms with van der Waals surface area (Å²) in [5.41, 5.74) is 7.06. The highest BCUT2D eigenvalue weighted by molar-refractivity contribution is 5.42. The summed E-state index contributed by atoms with van der Waals surface area (Å²) >= 11 is 0. The van der Waals surface area contributed by atoms with Crippen LogP contribution in [-0.2, 0) is 6.54 Å². The van der Waals surface area contributed by atoms with E-state index in [0.717, 1.165) is 43.3 Å². The van der Waals surface area contributed by atoms with Crippen molar-refractivity contribution in [2.45, 2.75) is 25.4 Å². The van der Waals surface area contributed by atoms with Gasteiger partial charge >= 0.3 is 0 Å². The molecule has 0 unspecified atom stereocenters. The number of hydrogen-bond acceptors (Lipinski definition) is 4. The minimum Gasteiger partial charge on any atom is -0.493 e. The van der Waals surface area contributed by atoms with E-state index in [9.17, 15) is 0 Å². The summed E-state index contributed by atoms with van der Waals surface area (Å²) < 4.78 is 10.6. The highest BCUT2D eigenvalue weighted by Crippen LogP contribution is 2.29. The van der Waals surface area contributed by atoms with Crippen LogP contribution in [0, 0.1) is 5.92 Å². The Balaban J connectivity index is 1.91. The molecule has 0 spiro atoms. The first kappa shape index (κ1) is 14.2. The van der Waals surface area contributed by atoms with Crippen LogP contribution in [0.3, 0.4) is 0 Å². The first-order chi connectivity index (χ1) is 9.12. The van der Waals surface area contributed by atoms with Gasteiger partial charge in [0.15, 0.2) is 11.5 Å². The molecule has 0 aliphatic heterocycles. The molecule has 0 heterocycles. The van der Waals surface area contributed by atoms with Gasteiger partial charge in [-0.15, -0.1) is 0 Å². The highest BCUT2D eigenvalue weighted by atomic mass is 16.5. The monoisotopic (exact) mass is 264 g/mol. The molecule has 0 saturated heterocycles. The molecule has 4 nitrogen and oxygen atoms in total. The number of nitrogens with two attached hydrogens (primary N) is 1. The van der Waals surface area contributed by atoms with Crippen molar-refractivity contribution in [2.75, 3.05) is 27.8 Å². The summed E-state index contributed by atoms with van der Waals surface area (Å²) in [7, 11) is 5.48. The van der Waals surface area contributed by atoms with Gasteiger partial charge in [-0.05, 0) is 43.5 Å². The fraction of sp³-hybridized carbons (Fsp3) is 0.600. The fourth-order valence-electron chi connectivity index (χ4n) is 2.73. The minimum absolute atomic E-state index is 0.430. The van der Waals surface area contributed by atoms with Crippen molar-refractivity contribution in [1.82, 2.24) is 4.90 Å². The standard InChI is InChI=1S/C15H24N2O2/c1-17(10-12-6-13(16)7-12)9-11-4-5-14(18-2)15(8-11)19-3/h4-5,8,12-13H,6-7,9-10,16H2,1-3H3. The van der Waals surface area contributed by atoms with E-state index in [-0.39, 0.29) is 0 Å². The molecule has 0 bridgehead atoms. The summed E-state index contributed by atoms with van der Waals surface area (Å²) in [6.07, 6.45) is 2.33. The zero-order chi connectivity index (χ0) is 13.8. The zero-order valence-corrected chi connectivity index (χ0v) is 12.1. The average Bonchev–Trinajstić information content (AvgIpc) is 2.36. The van der Waals surface area contributed by atoms with Crippen molar-refractivity contribution in [2.24, 2.45) is 11.7 Å². The number of benzene rings is 1. The molecule has 1 aromatic carbocycles. The van der Waals surface area contributed by atoms with Crippen LogP contribution in [-0.4, -0.2) is 38.8 Å². The summed E-state index contributed by atoms with van der Waals surface area (Å²) in [5.74, 6) is 2.33. The molecule has 1 aliphatic rings. The predicted octanol–water partition coefficient (Wildman–Crippen LogP) is 1.87. The lowest BCUT2D eigenvalue weighted by Gasteiger charge is -2.35. The summed E-state index contributed by atoms with van der Waals surface area (Å²) in [6, 6.07) is 6.52. The SMILES string of the molecule is COc1ccc(CN(C)CC2CC(N)C2)cc1OC. The molecule has 1 aliphatic carbocycles. The van der Waals surface area contributed by atoms with Crippen molar-refractivity contribution < 1.29 is 9.47 Å². The van der Waals surface area contributed by atoms with Crippen LogP contribution in [0.4, 0.5) is 0 Å². The van der Waals surface area contributed by atoms with E-state index in [1.807, 2.05) is 12.1 Å².